The number of hydrogen-bond donors (Lipinski definition) is 2. The standard InChI is InChI=1S/C13H24N2O/c1-2-4-6-13(7-5-3-1)15-9-8-12(16-13)10-14-11-12/h14-15H,1-11H2. The number of hydrogen-bond acceptors (Lipinski definition) is 3. The molecule has 3 aliphatic rings. The van der Waals surface area contributed by atoms with Crippen LogP contribution < -0.4 is 10.6 Å². The summed E-state index contributed by atoms with van der Waals surface area (Å²) >= 11 is 0. The van der Waals surface area contributed by atoms with Crippen LogP contribution in [0.25, 0.3) is 0 Å². The van der Waals surface area contributed by atoms with Crippen LogP contribution in [0.2, 0.25) is 0 Å². The van der Waals surface area contributed by atoms with Crippen LogP contribution >= 0.6 is 0 Å². The summed E-state index contributed by atoms with van der Waals surface area (Å²) < 4.78 is 6.50. The Labute approximate surface area is 98.3 Å². The molecule has 3 nitrogen and oxygen atoms in total. The first kappa shape index (κ1) is 11.0. The van der Waals surface area contributed by atoms with E-state index in [9.17, 15) is 0 Å². The number of nitrogens with one attached hydrogen (secondary N) is 2. The van der Waals surface area contributed by atoms with Crippen LogP contribution in [0.1, 0.15) is 51.4 Å². The molecule has 0 unspecified atom stereocenters. The zero-order valence-electron chi connectivity index (χ0n) is 10.2. The van der Waals surface area contributed by atoms with Crippen LogP contribution in [-0.4, -0.2) is 31.0 Å². The Morgan fingerprint density at radius 3 is 2.12 bits per heavy atom. The maximum Gasteiger partial charge on any atom is 0.120 e. The van der Waals surface area contributed by atoms with E-state index in [2.05, 4.69) is 10.6 Å². The van der Waals surface area contributed by atoms with Crippen LogP contribution in [0.3, 0.4) is 0 Å². The van der Waals surface area contributed by atoms with E-state index in [-0.39, 0.29) is 11.3 Å². The van der Waals surface area contributed by atoms with Crippen LogP contribution in [0, 0.1) is 0 Å². The first-order valence-corrected chi connectivity index (χ1v) is 6.99. The molecule has 3 fully saturated rings. The van der Waals surface area contributed by atoms with Crippen molar-refractivity contribution in [2.24, 2.45) is 0 Å². The Morgan fingerprint density at radius 1 is 0.812 bits per heavy atom. The fourth-order valence-corrected chi connectivity index (χ4v) is 3.43. The fourth-order valence-electron chi connectivity index (χ4n) is 3.43. The molecule has 16 heavy (non-hydrogen) atoms. The van der Waals surface area contributed by atoms with Gasteiger partial charge in [-0.15, -0.1) is 0 Å². The van der Waals surface area contributed by atoms with Gasteiger partial charge in [-0.05, 0) is 32.1 Å². The van der Waals surface area contributed by atoms with Crippen molar-refractivity contribution >= 4 is 0 Å². The van der Waals surface area contributed by atoms with Crippen LogP contribution in [0.5, 0.6) is 0 Å². The lowest BCUT2D eigenvalue weighted by atomic mass is 9.85. The molecule has 2 N–H and O–H groups in total. The second kappa shape index (κ2) is 4.28. The van der Waals surface area contributed by atoms with Gasteiger partial charge >= 0.3 is 0 Å². The zero-order chi connectivity index (χ0) is 10.9. The van der Waals surface area contributed by atoms with Crippen molar-refractivity contribution in [2.75, 3.05) is 19.6 Å². The summed E-state index contributed by atoms with van der Waals surface area (Å²) in [5.74, 6) is 0. The lowest BCUT2D eigenvalue weighted by molar-refractivity contribution is -0.226. The van der Waals surface area contributed by atoms with Gasteiger partial charge in [0.1, 0.15) is 5.72 Å². The molecule has 0 radical (unpaired) electrons. The molecule has 2 heterocycles. The van der Waals surface area contributed by atoms with Crippen LogP contribution in [-0.2, 0) is 4.74 Å². The molecule has 2 saturated heterocycles. The third-order valence-corrected chi connectivity index (χ3v) is 4.50. The summed E-state index contributed by atoms with van der Waals surface area (Å²) in [5.41, 5.74) is 0.214. The minimum absolute atomic E-state index is 0.0285. The average molecular weight is 224 g/mol. The lowest BCUT2D eigenvalue weighted by Gasteiger charge is -2.54. The second-order valence-corrected chi connectivity index (χ2v) is 5.83. The van der Waals surface area contributed by atoms with Gasteiger partial charge in [0.15, 0.2) is 0 Å². The van der Waals surface area contributed by atoms with Crippen molar-refractivity contribution in [1.29, 1.82) is 0 Å². The van der Waals surface area contributed by atoms with E-state index >= 15 is 0 Å². The van der Waals surface area contributed by atoms with Gasteiger partial charge in [-0.3, -0.25) is 5.32 Å². The highest BCUT2D eigenvalue weighted by molar-refractivity contribution is 5.01. The molecule has 1 saturated carbocycles. The van der Waals surface area contributed by atoms with Crippen molar-refractivity contribution in [3.63, 3.8) is 0 Å². The molecule has 92 valence electrons. The summed E-state index contributed by atoms with van der Waals surface area (Å²) in [6.45, 7) is 3.27. The minimum atomic E-state index is 0.0285. The predicted octanol–water partition coefficient (Wildman–Crippen LogP) is 1.78. The van der Waals surface area contributed by atoms with Crippen molar-refractivity contribution in [3.8, 4) is 0 Å². The quantitative estimate of drug-likeness (QED) is 0.658. The third kappa shape index (κ3) is 2.01. The van der Waals surface area contributed by atoms with E-state index in [0.29, 0.717) is 0 Å². The van der Waals surface area contributed by atoms with E-state index < -0.39 is 0 Å². The van der Waals surface area contributed by atoms with Crippen molar-refractivity contribution in [1.82, 2.24) is 10.6 Å². The molecule has 0 aromatic heterocycles. The fraction of sp³-hybridized carbons (Fsp3) is 1.00. The molecule has 1 aliphatic carbocycles. The smallest absolute Gasteiger partial charge is 0.120 e. The summed E-state index contributed by atoms with van der Waals surface area (Å²) in [6.07, 6.45) is 10.5. The minimum Gasteiger partial charge on any atom is -0.351 e. The summed E-state index contributed by atoms with van der Waals surface area (Å²) in [6, 6.07) is 0. The lowest BCUT2D eigenvalue weighted by Crippen LogP contribution is -2.70. The first-order valence-electron chi connectivity index (χ1n) is 6.99. The molecule has 0 aromatic carbocycles. The number of ether oxygens (including phenoxy) is 1. The molecular weight excluding hydrogens is 200 g/mol. The maximum absolute atomic E-state index is 6.50. The van der Waals surface area contributed by atoms with E-state index in [0.717, 1.165) is 19.6 Å². The van der Waals surface area contributed by atoms with Gasteiger partial charge in [0, 0.05) is 19.6 Å². The van der Waals surface area contributed by atoms with E-state index in [1.54, 1.807) is 0 Å². The second-order valence-electron chi connectivity index (χ2n) is 5.83. The predicted molar refractivity (Wildman–Crippen MR) is 64.4 cm³/mol. The molecule has 0 aromatic rings. The maximum atomic E-state index is 6.50. The Morgan fingerprint density at radius 2 is 1.50 bits per heavy atom. The van der Waals surface area contributed by atoms with Gasteiger partial charge in [-0.1, -0.05) is 19.3 Å². The normalized spacial score (nSPS) is 33.0. The van der Waals surface area contributed by atoms with Crippen molar-refractivity contribution in [3.05, 3.63) is 0 Å². The SMILES string of the molecule is C1CCCC2(CCC1)NCCC1(CNC1)O2. The summed E-state index contributed by atoms with van der Waals surface area (Å²) in [5, 5.41) is 7.04. The van der Waals surface area contributed by atoms with Gasteiger partial charge < -0.3 is 10.1 Å². The van der Waals surface area contributed by atoms with Gasteiger partial charge in [0.25, 0.3) is 0 Å². The van der Waals surface area contributed by atoms with Crippen molar-refractivity contribution in [2.45, 2.75) is 62.7 Å². The Balaban J connectivity index is 1.69. The molecule has 0 amide bonds. The molecule has 0 atom stereocenters. The molecule has 0 bridgehead atoms. The topological polar surface area (TPSA) is 33.3 Å². The summed E-state index contributed by atoms with van der Waals surface area (Å²) in [7, 11) is 0. The van der Waals surface area contributed by atoms with E-state index in [4.69, 9.17) is 4.74 Å². The first-order chi connectivity index (χ1) is 7.83. The molecule has 2 aliphatic heterocycles. The molecular formula is C13H24N2O. The van der Waals surface area contributed by atoms with Gasteiger partial charge in [-0.2, -0.15) is 0 Å². The van der Waals surface area contributed by atoms with Gasteiger partial charge in [-0.25, -0.2) is 0 Å². The van der Waals surface area contributed by atoms with Crippen LogP contribution in [0.15, 0.2) is 0 Å². The van der Waals surface area contributed by atoms with Crippen LogP contribution in [0.4, 0.5) is 0 Å². The Kier molecular flexibility index (Phi) is 2.94. The average Bonchev–Trinajstić information content (AvgIpc) is 2.23. The largest absolute Gasteiger partial charge is 0.351 e. The third-order valence-electron chi connectivity index (χ3n) is 4.50. The van der Waals surface area contributed by atoms with E-state index in [1.165, 1.54) is 51.4 Å². The number of rotatable bonds is 0. The Hall–Kier alpha value is -0.120. The monoisotopic (exact) mass is 224 g/mol. The summed E-state index contributed by atoms with van der Waals surface area (Å²) in [4.78, 5) is 0. The highest BCUT2D eigenvalue weighted by Gasteiger charge is 2.48. The van der Waals surface area contributed by atoms with E-state index in [1.807, 2.05) is 0 Å². The molecule has 2 spiro atoms. The highest BCUT2D eigenvalue weighted by Crippen LogP contribution is 2.37. The van der Waals surface area contributed by atoms with Gasteiger partial charge in [0.05, 0.1) is 5.60 Å². The molecule has 3 rings (SSSR count). The zero-order valence-corrected chi connectivity index (χ0v) is 10.2. The van der Waals surface area contributed by atoms with Crippen molar-refractivity contribution < 1.29 is 4.74 Å². The van der Waals surface area contributed by atoms with Gasteiger partial charge in [0.2, 0.25) is 0 Å². The molecule has 3 heteroatoms. The Bertz CT molecular complexity index is 242. The highest BCUT2D eigenvalue weighted by atomic mass is 16.5.